The van der Waals surface area contributed by atoms with Crippen molar-refractivity contribution in [2.45, 2.75) is 45.3 Å². The van der Waals surface area contributed by atoms with Gasteiger partial charge in [0.05, 0.1) is 5.60 Å². The molecule has 1 saturated heterocycles. The van der Waals surface area contributed by atoms with Gasteiger partial charge in [0.15, 0.2) is 0 Å². The van der Waals surface area contributed by atoms with Crippen LogP contribution in [0.15, 0.2) is 0 Å². The van der Waals surface area contributed by atoms with Gasteiger partial charge in [0.1, 0.15) is 6.61 Å². The summed E-state index contributed by atoms with van der Waals surface area (Å²) >= 11 is 0. The van der Waals surface area contributed by atoms with Gasteiger partial charge in [-0.3, -0.25) is 4.79 Å². The Kier molecular flexibility index (Phi) is 4.54. The molecule has 0 aromatic heterocycles. The molecule has 0 bridgehead atoms. The van der Waals surface area contributed by atoms with Gasteiger partial charge in [-0.1, -0.05) is 0 Å². The number of carbonyl (C=O) groups excluding carboxylic acids is 1. The van der Waals surface area contributed by atoms with Crippen LogP contribution in [0, 0.1) is 0 Å². The first-order chi connectivity index (χ1) is 6.97. The van der Waals surface area contributed by atoms with E-state index in [1.165, 1.54) is 6.42 Å². The fourth-order valence-electron chi connectivity index (χ4n) is 1.50. The minimum absolute atomic E-state index is 0.0291. The van der Waals surface area contributed by atoms with Crippen LogP contribution >= 0.6 is 0 Å². The molecule has 15 heavy (non-hydrogen) atoms. The summed E-state index contributed by atoms with van der Waals surface area (Å²) in [7, 11) is 0. The molecule has 0 radical (unpaired) electrons. The monoisotopic (exact) mass is 214 g/mol. The van der Waals surface area contributed by atoms with Crippen molar-refractivity contribution in [3.05, 3.63) is 0 Å². The summed E-state index contributed by atoms with van der Waals surface area (Å²) in [6.45, 7) is 7.76. The van der Waals surface area contributed by atoms with Crippen LogP contribution in [0.25, 0.3) is 0 Å². The minimum Gasteiger partial charge on any atom is -0.366 e. The average Bonchev–Trinajstić information content (AvgIpc) is 2.62. The zero-order valence-electron chi connectivity index (χ0n) is 9.93. The van der Waals surface area contributed by atoms with Crippen LogP contribution in [0.1, 0.15) is 33.6 Å². The zero-order chi connectivity index (χ0) is 11.3. The molecule has 1 fully saturated rings. The number of hydrogen-bond donors (Lipinski definition) is 2. The maximum atomic E-state index is 11.4. The Morgan fingerprint density at radius 1 is 1.53 bits per heavy atom. The maximum Gasteiger partial charge on any atom is 0.246 e. The van der Waals surface area contributed by atoms with E-state index in [1.54, 1.807) is 0 Å². The number of carbonyl (C=O) groups is 1. The molecule has 1 rings (SSSR count). The van der Waals surface area contributed by atoms with Gasteiger partial charge in [-0.05, 0) is 40.2 Å². The van der Waals surface area contributed by atoms with Crippen molar-refractivity contribution in [2.24, 2.45) is 0 Å². The van der Waals surface area contributed by atoms with Gasteiger partial charge in [-0.25, -0.2) is 0 Å². The first kappa shape index (κ1) is 12.5. The van der Waals surface area contributed by atoms with Crippen molar-refractivity contribution in [1.29, 1.82) is 0 Å². The van der Waals surface area contributed by atoms with E-state index in [1.807, 2.05) is 20.8 Å². The SMILES string of the molecule is CC(C)(C)OCC(=O)NCC1CCCN1. The predicted molar refractivity (Wildman–Crippen MR) is 59.7 cm³/mol. The number of hydrogen-bond acceptors (Lipinski definition) is 3. The highest BCUT2D eigenvalue weighted by molar-refractivity contribution is 5.77. The van der Waals surface area contributed by atoms with Crippen molar-refractivity contribution in [3.63, 3.8) is 0 Å². The number of ether oxygens (including phenoxy) is 1. The first-order valence-electron chi connectivity index (χ1n) is 5.61. The van der Waals surface area contributed by atoms with Gasteiger partial charge < -0.3 is 15.4 Å². The fourth-order valence-corrected chi connectivity index (χ4v) is 1.50. The average molecular weight is 214 g/mol. The second-order valence-electron chi connectivity index (χ2n) is 5.00. The highest BCUT2D eigenvalue weighted by Crippen LogP contribution is 2.06. The Labute approximate surface area is 91.8 Å². The molecule has 0 aliphatic carbocycles. The fraction of sp³-hybridized carbons (Fsp3) is 0.909. The molecular weight excluding hydrogens is 192 g/mol. The van der Waals surface area contributed by atoms with Gasteiger partial charge in [-0.15, -0.1) is 0 Å². The molecule has 0 saturated carbocycles. The third-order valence-corrected chi connectivity index (χ3v) is 2.34. The predicted octanol–water partition coefficient (Wildman–Crippen LogP) is 0.670. The van der Waals surface area contributed by atoms with Crippen molar-refractivity contribution in [2.75, 3.05) is 19.7 Å². The first-order valence-corrected chi connectivity index (χ1v) is 5.61. The van der Waals surface area contributed by atoms with E-state index in [0.717, 1.165) is 13.0 Å². The van der Waals surface area contributed by atoms with E-state index in [2.05, 4.69) is 10.6 Å². The summed E-state index contributed by atoms with van der Waals surface area (Å²) in [4.78, 5) is 11.4. The molecule has 1 atom stereocenters. The van der Waals surface area contributed by atoms with E-state index >= 15 is 0 Å². The van der Waals surface area contributed by atoms with Crippen molar-refractivity contribution >= 4 is 5.91 Å². The molecule has 1 amide bonds. The summed E-state index contributed by atoms with van der Waals surface area (Å²) in [5.41, 5.74) is -0.247. The molecule has 1 heterocycles. The molecule has 1 aliphatic heterocycles. The van der Waals surface area contributed by atoms with Crippen molar-refractivity contribution in [1.82, 2.24) is 10.6 Å². The summed E-state index contributed by atoms with van der Waals surface area (Å²) in [6, 6.07) is 0.448. The molecule has 88 valence electrons. The Morgan fingerprint density at radius 2 is 2.27 bits per heavy atom. The smallest absolute Gasteiger partial charge is 0.246 e. The highest BCUT2D eigenvalue weighted by atomic mass is 16.5. The lowest BCUT2D eigenvalue weighted by Gasteiger charge is -2.19. The van der Waals surface area contributed by atoms with E-state index in [0.29, 0.717) is 12.6 Å². The summed E-state index contributed by atoms with van der Waals surface area (Å²) in [5, 5.41) is 6.20. The number of amides is 1. The van der Waals surface area contributed by atoms with Crippen molar-refractivity contribution in [3.8, 4) is 0 Å². The Bertz CT molecular complexity index is 205. The molecule has 0 aromatic carbocycles. The van der Waals surface area contributed by atoms with Crippen LogP contribution in [-0.2, 0) is 9.53 Å². The largest absolute Gasteiger partial charge is 0.366 e. The lowest BCUT2D eigenvalue weighted by Crippen LogP contribution is -2.39. The third kappa shape index (κ3) is 5.74. The maximum absolute atomic E-state index is 11.4. The van der Waals surface area contributed by atoms with E-state index in [4.69, 9.17) is 4.74 Å². The Hall–Kier alpha value is -0.610. The van der Waals surface area contributed by atoms with E-state index in [9.17, 15) is 4.79 Å². The standard InChI is InChI=1S/C11H22N2O2/c1-11(2,3)15-8-10(14)13-7-9-5-4-6-12-9/h9,12H,4-8H2,1-3H3,(H,13,14). The minimum atomic E-state index is -0.247. The van der Waals surface area contributed by atoms with E-state index in [-0.39, 0.29) is 18.1 Å². The van der Waals surface area contributed by atoms with E-state index < -0.39 is 0 Å². The summed E-state index contributed by atoms with van der Waals surface area (Å²) < 4.78 is 5.37. The third-order valence-electron chi connectivity index (χ3n) is 2.34. The second-order valence-corrected chi connectivity index (χ2v) is 5.00. The summed E-state index contributed by atoms with van der Waals surface area (Å²) in [5.74, 6) is -0.0291. The van der Waals surface area contributed by atoms with Gasteiger partial charge in [0.2, 0.25) is 5.91 Å². The Morgan fingerprint density at radius 3 is 2.80 bits per heavy atom. The topological polar surface area (TPSA) is 50.4 Å². The quantitative estimate of drug-likeness (QED) is 0.723. The van der Waals surface area contributed by atoms with Crippen LogP contribution in [0.5, 0.6) is 0 Å². The molecule has 0 spiro atoms. The van der Waals surface area contributed by atoms with Crippen molar-refractivity contribution < 1.29 is 9.53 Å². The van der Waals surface area contributed by atoms with Gasteiger partial charge in [-0.2, -0.15) is 0 Å². The Balaban J connectivity index is 2.08. The van der Waals surface area contributed by atoms with Crippen LogP contribution in [-0.4, -0.2) is 37.2 Å². The molecule has 0 aromatic rings. The molecule has 2 N–H and O–H groups in total. The van der Waals surface area contributed by atoms with Crippen LogP contribution < -0.4 is 10.6 Å². The normalized spacial score (nSPS) is 21.7. The zero-order valence-corrected chi connectivity index (χ0v) is 9.93. The van der Waals surface area contributed by atoms with Gasteiger partial charge in [0, 0.05) is 12.6 Å². The van der Waals surface area contributed by atoms with Crippen LogP contribution in [0.4, 0.5) is 0 Å². The summed E-state index contributed by atoms with van der Waals surface area (Å²) in [6.07, 6.45) is 2.36. The molecule has 1 aliphatic rings. The van der Waals surface area contributed by atoms with Gasteiger partial charge in [0.25, 0.3) is 0 Å². The molecule has 4 heteroatoms. The molecular formula is C11H22N2O2. The van der Waals surface area contributed by atoms with Gasteiger partial charge >= 0.3 is 0 Å². The highest BCUT2D eigenvalue weighted by Gasteiger charge is 2.16. The number of nitrogens with one attached hydrogen (secondary N) is 2. The second kappa shape index (κ2) is 5.47. The number of rotatable bonds is 4. The molecule has 4 nitrogen and oxygen atoms in total. The van der Waals surface area contributed by atoms with Crippen LogP contribution in [0.2, 0.25) is 0 Å². The lowest BCUT2D eigenvalue weighted by atomic mass is 10.2. The molecule has 1 unspecified atom stereocenters. The van der Waals surface area contributed by atoms with Crippen LogP contribution in [0.3, 0.4) is 0 Å². The lowest BCUT2D eigenvalue weighted by molar-refractivity contribution is -0.130.